The van der Waals surface area contributed by atoms with Gasteiger partial charge in [0.25, 0.3) is 0 Å². The van der Waals surface area contributed by atoms with E-state index >= 15 is 4.89 Å². The van der Waals surface area contributed by atoms with Crippen LogP contribution in [-0.4, -0.2) is 20.9 Å². The number of fused-ring (bicyclic) bond motifs is 2. The minimum atomic E-state index is -3.41. The van der Waals surface area contributed by atoms with Gasteiger partial charge in [-0.2, -0.15) is 0 Å². The summed E-state index contributed by atoms with van der Waals surface area (Å²) in [4.78, 5) is 15.3. The number of para-hydroxylation sites is 1. The lowest BCUT2D eigenvalue weighted by molar-refractivity contribution is -0.235. The summed E-state index contributed by atoms with van der Waals surface area (Å²) in [5, 5.41) is 0. The van der Waals surface area contributed by atoms with Crippen molar-refractivity contribution in [3.05, 3.63) is 102 Å². The lowest BCUT2D eigenvalue weighted by atomic mass is 9.73. The lowest BCUT2D eigenvalue weighted by Gasteiger charge is -2.60. The van der Waals surface area contributed by atoms with Crippen LogP contribution < -0.4 is 9.42 Å². The second kappa shape index (κ2) is 8.52. The molecule has 5 heteroatoms. The van der Waals surface area contributed by atoms with Gasteiger partial charge in [0.2, 0.25) is 0 Å². The molecule has 4 nitrogen and oxygen atoms in total. The second-order valence-electron chi connectivity index (χ2n) is 10.1. The van der Waals surface area contributed by atoms with E-state index in [1.54, 1.807) is 0 Å². The molecule has 0 amide bonds. The van der Waals surface area contributed by atoms with E-state index in [9.17, 15) is 0 Å². The van der Waals surface area contributed by atoms with Crippen LogP contribution in [0.5, 0.6) is 5.75 Å². The van der Waals surface area contributed by atoms with Crippen molar-refractivity contribution in [2.45, 2.75) is 58.3 Å². The quantitative estimate of drug-likeness (QED) is 0.419. The predicted octanol–water partition coefficient (Wildman–Crippen LogP) is 6.07. The van der Waals surface area contributed by atoms with Crippen molar-refractivity contribution >= 4 is 8.02 Å². The smallest absolute Gasteiger partial charge is 0.304 e. The van der Waals surface area contributed by atoms with Crippen LogP contribution in [0.2, 0.25) is 0 Å². The third-order valence-corrected chi connectivity index (χ3v) is 10.7. The van der Waals surface area contributed by atoms with E-state index in [4.69, 9.17) is 4.52 Å². The number of rotatable bonds is 6. The molecule has 3 aromatic rings. The van der Waals surface area contributed by atoms with Gasteiger partial charge in [0.15, 0.2) is 5.75 Å². The van der Waals surface area contributed by atoms with Gasteiger partial charge in [-0.15, -0.1) is 9.34 Å². The molecule has 1 heterocycles. The normalized spacial score (nSPS) is 29.2. The van der Waals surface area contributed by atoms with Gasteiger partial charge in [-0.1, -0.05) is 92.7 Å². The summed E-state index contributed by atoms with van der Waals surface area (Å²) in [5.74, 6) is 0.652. The molecule has 3 unspecified atom stereocenters. The van der Waals surface area contributed by atoms with Gasteiger partial charge in [0, 0.05) is 5.41 Å². The fraction of sp³-hybridized carbons (Fsp3) is 0.357. The largest absolute Gasteiger partial charge is 0.618 e. The van der Waals surface area contributed by atoms with E-state index in [-0.39, 0.29) is 17.0 Å². The van der Waals surface area contributed by atoms with Gasteiger partial charge >= 0.3 is 8.02 Å². The van der Waals surface area contributed by atoms with Crippen LogP contribution in [0.25, 0.3) is 0 Å². The van der Waals surface area contributed by atoms with Gasteiger partial charge in [0.1, 0.15) is 0 Å². The Morgan fingerprint density at radius 2 is 1.33 bits per heavy atom. The molecule has 2 bridgehead atoms. The van der Waals surface area contributed by atoms with Crippen molar-refractivity contribution in [3.8, 4) is 5.75 Å². The summed E-state index contributed by atoms with van der Waals surface area (Å²) < 4.78 is 10.9. The van der Waals surface area contributed by atoms with Crippen LogP contribution in [-0.2, 0) is 13.1 Å². The Hall–Kier alpha value is -2.23. The zero-order chi connectivity index (χ0) is 23.1. The predicted molar refractivity (Wildman–Crippen MR) is 133 cm³/mol. The zero-order valence-electron chi connectivity index (χ0n) is 19.7. The molecule has 1 saturated heterocycles. The third-order valence-electron chi connectivity index (χ3n) is 8.02. The number of benzene rings is 3. The average molecular weight is 461 g/mol. The van der Waals surface area contributed by atoms with Gasteiger partial charge in [-0.25, -0.2) is 0 Å². The van der Waals surface area contributed by atoms with Gasteiger partial charge in [0.05, 0.1) is 24.7 Å². The molecule has 1 aliphatic carbocycles. The summed E-state index contributed by atoms with van der Waals surface area (Å²) in [6.07, 6.45) is 1.99. The Bertz CT molecular complexity index is 1080. The van der Waals surface area contributed by atoms with Crippen LogP contribution in [0.4, 0.5) is 0 Å². The van der Waals surface area contributed by atoms with Crippen molar-refractivity contribution in [1.82, 2.24) is 9.34 Å². The Kier molecular flexibility index (Phi) is 5.83. The summed E-state index contributed by atoms with van der Waals surface area (Å²) in [7, 11) is -3.41. The molecule has 2 aliphatic rings. The van der Waals surface area contributed by atoms with Crippen LogP contribution in [0.1, 0.15) is 44.7 Å². The monoisotopic (exact) mass is 460 g/mol. The van der Waals surface area contributed by atoms with E-state index in [0.717, 1.165) is 24.0 Å². The molecule has 5 rings (SSSR count). The highest BCUT2D eigenvalue weighted by Gasteiger charge is 2.71. The molecule has 172 valence electrons. The number of nitrogens with zero attached hydrogens (tertiary/aromatic N) is 2. The summed E-state index contributed by atoms with van der Waals surface area (Å²) in [5.41, 5.74) is 2.01. The summed E-state index contributed by atoms with van der Waals surface area (Å²) >= 11 is 0. The van der Waals surface area contributed by atoms with E-state index in [1.165, 1.54) is 0 Å². The highest BCUT2D eigenvalue weighted by Crippen LogP contribution is 2.74. The first-order valence-corrected chi connectivity index (χ1v) is 13.4. The molecule has 1 saturated carbocycles. The Morgan fingerprint density at radius 1 is 0.818 bits per heavy atom. The van der Waals surface area contributed by atoms with E-state index in [2.05, 4.69) is 66.5 Å². The zero-order valence-corrected chi connectivity index (χ0v) is 20.6. The summed E-state index contributed by atoms with van der Waals surface area (Å²) in [6.45, 7) is 8.15. The van der Waals surface area contributed by atoms with E-state index < -0.39 is 8.02 Å². The fourth-order valence-electron chi connectivity index (χ4n) is 5.75. The van der Waals surface area contributed by atoms with Crippen LogP contribution in [0.15, 0.2) is 91.0 Å². The number of hydrogen-bond acceptors (Lipinski definition) is 4. The highest BCUT2D eigenvalue weighted by molar-refractivity contribution is 7.59. The molecular weight excluding hydrogens is 427 g/mol. The Balaban J connectivity index is 1.64. The standard InChI is InChI=1S/C28H33N2O2P/c1-27(2)26-19-20-28(27,3)30(22-24-15-9-5-10-16-24)33(31,32-25-17-11-6-12-18-25)29(26)21-23-13-7-4-8-14-23/h4-18,26H,19-22H2,1-3H3. The molecule has 0 spiro atoms. The topological polar surface area (TPSA) is 38.8 Å². The maximum atomic E-state index is 15.3. The van der Waals surface area contributed by atoms with Crippen LogP contribution in [0, 0.1) is 5.41 Å². The van der Waals surface area contributed by atoms with Gasteiger partial charge in [-0.3, -0.25) is 0 Å². The van der Waals surface area contributed by atoms with Crippen LogP contribution >= 0.6 is 8.02 Å². The van der Waals surface area contributed by atoms with Crippen molar-refractivity contribution in [2.75, 3.05) is 0 Å². The number of hydrogen-bond donors (Lipinski definition) is 0. The van der Waals surface area contributed by atoms with Gasteiger partial charge < -0.3 is 9.42 Å². The maximum absolute atomic E-state index is 15.3. The maximum Gasteiger partial charge on any atom is 0.304 e. The molecular formula is C28H33N2O2P. The highest BCUT2D eigenvalue weighted by atomic mass is 31.2. The first-order chi connectivity index (χ1) is 15.8. The molecule has 0 radical (unpaired) electrons. The van der Waals surface area contributed by atoms with Crippen molar-refractivity contribution in [2.24, 2.45) is 5.41 Å². The molecule has 1 aliphatic heterocycles. The minimum absolute atomic E-state index is 0.0511. The molecule has 3 atom stereocenters. The van der Waals surface area contributed by atoms with E-state index in [0.29, 0.717) is 18.8 Å². The second-order valence-corrected chi connectivity index (χ2v) is 12.2. The molecule has 33 heavy (non-hydrogen) atoms. The van der Waals surface area contributed by atoms with Gasteiger partial charge in [-0.05, 0) is 43.0 Å². The van der Waals surface area contributed by atoms with E-state index in [1.807, 2.05) is 54.6 Å². The SMILES string of the molecule is CC1(C)C2CCC1(C)N(Cc1ccccc1)[P+]([O-])(Oc1ccccc1)N2Cc1ccccc1. The summed E-state index contributed by atoms with van der Waals surface area (Å²) in [6, 6.07) is 30.5. The molecule has 3 aromatic carbocycles. The average Bonchev–Trinajstić information content (AvgIpc) is 3.01. The Morgan fingerprint density at radius 3 is 1.91 bits per heavy atom. The van der Waals surface area contributed by atoms with Crippen molar-refractivity contribution in [1.29, 1.82) is 0 Å². The molecule has 0 N–H and O–H groups in total. The molecule has 2 fully saturated rings. The first kappa shape index (κ1) is 22.6. The van der Waals surface area contributed by atoms with Crippen molar-refractivity contribution in [3.63, 3.8) is 0 Å². The Labute approximate surface area is 198 Å². The van der Waals surface area contributed by atoms with Crippen molar-refractivity contribution < 1.29 is 9.42 Å². The molecule has 0 aromatic heterocycles. The van der Waals surface area contributed by atoms with Crippen LogP contribution in [0.3, 0.4) is 0 Å². The first-order valence-electron chi connectivity index (χ1n) is 11.8. The third kappa shape index (κ3) is 3.80. The lowest BCUT2D eigenvalue weighted by Crippen LogP contribution is -2.67. The fourth-order valence-corrected chi connectivity index (χ4v) is 8.98. The minimum Gasteiger partial charge on any atom is -0.618 e.